The van der Waals surface area contributed by atoms with E-state index < -0.39 is 0 Å². The van der Waals surface area contributed by atoms with Crippen molar-refractivity contribution in [2.45, 2.75) is 0 Å². The summed E-state index contributed by atoms with van der Waals surface area (Å²) in [6, 6.07) is 6.92. The number of hydrogen-bond acceptors (Lipinski definition) is 4. The van der Waals surface area contributed by atoms with E-state index in [2.05, 4.69) is 10.3 Å². The number of hydrogen-bond donors (Lipinski definition) is 2. The number of benzene rings is 1. The lowest BCUT2D eigenvalue weighted by atomic mass is 10.2. The first-order chi connectivity index (χ1) is 7.72. The van der Waals surface area contributed by atoms with Crippen LogP contribution in [0.3, 0.4) is 0 Å². The van der Waals surface area contributed by atoms with Gasteiger partial charge >= 0.3 is 0 Å². The van der Waals surface area contributed by atoms with Crippen LogP contribution in [0, 0.1) is 0 Å². The molecule has 0 bridgehead atoms. The zero-order chi connectivity index (χ0) is 11.5. The molecule has 1 aromatic heterocycles. The third kappa shape index (κ3) is 1.90. The number of amides is 1. The standard InChI is InChI=1S/C11H10N2O2S/c1-12-10(15)8-6-16-11(13-8)7-4-2-3-5-9(7)14/h2-6,14H,1H3,(H,12,15). The van der Waals surface area contributed by atoms with Crippen LogP contribution < -0.4 is 5.32 Å². The van der Waals surface area contributed by atoms with E-state index in [-0.39, 0.29) is 11.7 Å². The molecule has 5 heteroatoms. The van der Waals surface area contributed by atoms with Crippen molar-refractivity contribution in [1.29, 1.82) is 0 Å². The Kier molecular flexibility index (Phi) is 2.87. The van der Waals surface area contributed by atoms with Crippen LogP contribution >= 0.6 is 11.3 Å². The Labute approximate surface area is 96.6 Å². The highest BCUT2D eigenvalue weighted by Crippen LogP contribution is 2.30. The smallest absolute Gasteiger partial charge is 0.270 e. The summed E-state index contributed by atoms with van der Waals surface area (Å²) >= 11 is 1.33. The minimum absolute atomic E-state index is 0.167. The summed E-state index contributed by atoms with van der Waals surface area (Å²) in [4.78, 5) is 15.5. The normalized spacial score (nSPS) is 10.1. The van der Waals surface area contributed by atoms with Crippen LogP contribution in [0.4, 0.5) is 0 Å². The van der Waals surface area contributed by atoms with Gasteiger partial charge in [0, 0.05) is 12.4 Å². The van der Waals surface area contributed by atoms with Crippen molar-refractivity contribution in [3.8, 4) is 16.3 Å². The lowest BCUT2D eigenvalue weighted by Gasteiger charge is -1.98. The van der Waals surface area contributed by atoms with Crippen LogP contribution in [0.2, 0.25) is 0 Å². The van der Waals surface area contributed by atoms with Gasteiger partial charge in [0.15, 0.2) is 0 Å². The van der Waals surface area contributed by atoms with Gasteiger partial charge in [-0.25, -0.2) is 4.98 Å². The van der Waals surface area contributed by atoms with Crippen molar-refractivity contribution in [2.75, 3.05) is 7.05 Å². The fourth-order valence-electron chi connectivity index (χ4n) is 1.28. The molecule has 82 valence electrons. The monoisotopic (exact) mass is 234 g/mol. The van der Waals surface area contributed by atoms with Gasteiger partial charge in [0.1, 0.15) is 16.5 Å². The lowest BCUT2D eigenvalue weighted by molar-refractivity contribution is 0.0959. The van der Waals surface area contributed by atoms with E-state index in [1.165, 1.54) is 11.3 Å². The Morgan fingerprint density at radius 2 is 2.19 bits per heavy atom. The summed E-state index contributed by atoms with van der Waals surface area (Å²) in [7, 11) is 1.56. The number of para-hydroxylation sites is 1. The van der Waals surface area contributed by atoms with Gasteiger partial charge in [-0.2, -0.15) is 0 Å². The number of aromatic hydroxyl groups is 1. The van der Waals surface area contributed by atoms with E-state index >= 15 is 0 Å². The molecule has 0 saturated carbocycles. The number of nitrogens with zero attached hydrogens (tertiary/aromatic N) is 1. The van der Waals surface area contributed by atoms with Gasteiger partial charge in [0.25, 0.3) is 5.91 Å². The Morgan fingerprint density at radius 1 is 1.44 bits per heavy atom. The van der Waals surface area contributed by atoms with Crippen molar-refractivity contribution in [3.05, 3.63) is 35.3 Å². The van der Waals surface area contributed by atoms with Gasteiger partial charge in [-0.05, 0) is 12.1 Å². The Bertz CT molecular complexity index is 522. The largest absolute Gasteiger partial charge is 0.507 e. The van der Waals surface area contributed by atoms with E-state index in [0.717, 1.165) is 0 Å². The van der Waals surface area contributed by atoms with Crippen LogP contribution in [0.5, 0.6) is 5.75 Å². The summed E-state index contributed by atoms with van der Waals surface area (Å²) in [5.41, 5.74) is 1.01. The molecule has 0 aliphatic rings. The first-order valence-electron chi connectivity index (χ1n) is 4.68. The van der Waals surface area contributed by atoms with Crippen molar-refractivity contribution in [1.82, 2.24) is 10.3 Å². The number of phenols is 1. The summed E-state index contributed by atoms with van der Waals surface area (Å²) in [5.74, 6) is -0.0572. The van der Waals surface area contributed by atoms with Crippen LogP contribution in [0.15, 0.2) is 29.6 Å². The predicted octanol–water partition coefficient (Wildman–Crippen LogP) is 1.88. The highest BCUT2D eigenvalue weighted by molar-refractivity contribution is 7.13. The molecule has 1 heterocycles. The second-order valence-corrected chi connectivity index (χ2v) is 3.99. The van der Waals surface area contributed by atoms with Gasteiger partial charge in [0.2, 0.25) is 0 Å². The van der Waals surface area contributed by atoms with Crippen molar-refractivity contribution < 1.29 is 9.90 Å². The average molecular weight is 234 g/mol. The maximum absolute atomic E-state index is 11.3. The van der Waals surface area contributed by atoms with E-state index in [0.29, 0.717) is 16.3 Å². The van der Waals surface area contributed by atoms with E-state index in [1.54, 1.807) is 30.6 Å². The first-order valence-corrected chi connectivity index (χ1v) is 5.56. The Morgan fingerprint density at radius 3 is 2.88 bits per heavy atom. The molecule has 0 spiro atoms. The molecule has 0 saturated heterocycles. The second-order valence-electron chi connectivity index (χ2n) is 3.13. The number of nitrogens with one attached hydrogen (secondary N) is 1. The van der Waals surface area contributed by atoms with Crippen LogP contribution in [-0.4, -0.2) is 23.0 Å². The first kappa shape index (κ1) is 10.6. The maximum Gasteiger partial charge on any atom is 0.270 e. The zero-order valence-electron chi connectivity index (χ0n) is 8.60. The fourth-order valence-corrected chi connectivity index (χ4v) is 2.12. The quantitative estimate of drug-likeness (QED) is 0.834. The molecule has 0 fully saturated rings. The molecular weight excluding hydrogens is 224 g/mol. The molecular formula is C11H10N2O2S. The lowest BCUT2D eigenvalue weighted by Crippen LogP contribution is -2.17. The zero-order valence-corrected chi connectivity index (χ0v) is 9.41. The molecule has 2 aromatic rings. The van der Waals surface area contributed by atoms with Crippen LogP contribution in [-0.2, 0) is 0 Å². The third-order valence-electron chi connectivity index (χ3n) is 2.10. The number of rotatable bonds is 2. The Balaban J connectivity index is 2.39. The number of phenolic OH excluding ortho intramolecular Hbond substituents is 1. The minimum atomic E-state index is -0.224. The van der Waals surface area contributed by atoms with Crippen LogP contribution in [0.25, 0.3) is 10.6 Å². The van der Waals surface area contributed by atoms with Gasteiger partial charge in [-0.15, -0.1) is 11.3 Å². The van der Waals surface area contributed by atoms with Gasteiger partial charge in [-0.1, -0.05) is 12.1 Å². The highest BCUT2D eigenvalue weighted by Gasteiger charge is 2.12. The number of aromatic nitrogens is 1. The molecule has 2 rings (SSSR count). The predicted molar refractivity (Wildman–Crippen MR) is 62.6 cm³/mol. The topological polar surface area (TPSA) is 62.2 Å². The van der Waals surface area contributed by atoms with Crippen molar-refractivity contribution >= 4 is 17.2 Å². The second kappa shape index (κ2) is 4.32. The molecule has 16 heavy (non-hydrogen) atoms. The molecule has 0 atom stereocenters. The van der Waals surface area contributed by atoms with Gasteiger partial charge < -0.3 is 10.4 Å². The van der Waals surface area contributed by atoms with Gasteiger partial charge in [0.05, 0.1) is 5.56 Å². The number of thiazole rings is 1. The Hall–Kier alpha value is -1.88. The summed E-state index contributed by atoms with van der Waals surface area (Å²) < 4.78 is 0. The van der Waals surface area contributed by atoms with E-state index in [9.17, 15) is 9.90 Å². The molecule has 1 amide bonds. The molecule has 0 aliphatic carbocycles. The minimum Gasteiger partial charge on any atom is -0.507 e. The molecule has 0 unspecified atom stereocenters. The molecule has 1 aromatic carbocycles. The molecule has 2 N–H and O–H groups in total. The third-order valence-corrected chi connectivity index (χ3v) is 2.97. The SMILES string of the molecule is CNC(=O)c1csc(-c2ccccc2O)n1. The van der Waals surface area contributed by atoms with Crippen molar-refractivity contribution in [3.63, 3.8) is 0 Å². The molecule has 0 aliphatic heterocycles. The number of carbonyl (C=O) groups excluding carboxylic acids is 1. The highest BCUT2D eigenvalue weighted by atomic mass is 32.1. The molecule has 0 radical (unpaired) electrons. The summed E-state index contributed by atoms with van der Waals surface area (Å²) in [6.45, 7) is 0. The summed E-state index contributed by atoms with van der Waals surface area (Å²) in [5, 5.41) is 14.4. The summed E-state index contributed by atoms with van der Waals surface area (Å²) in [6.07, 6.45) is 0. The van der Waals surface area contributed by atoms with Crippen molar-refractivity contribution in [2.24, 2.45) is 0 Å². The number of carbonyl (C=O) groups is 1. The fraction of sp³-hybridized carbons (Fsp3) is 0.0909. The van der Waals surface area contributed by atoms with E-state index in [1.807, 2.05) is 6.07 Å². The van der Waals surface area contributed by atoms with Crippen LogP contribution in [0.1, 0.15) is 10.5 Å². The maximum atomic E-state index is 11.3. The average Bonchev–Trinajstić information content (AvgIpc) is 2.78. The molecule has 4 nitrogen and oxygen atoms in total. The van der Waals surface area contributed by atoms with E-state index in [4.69, 9.17) is 0 Å². The van der Waals surface area contributed by atoms with Gasteiger partial charge in [-0.3, -0.25) is 4.79 Å².